The van der Waals surface area contributed by atoms with Crippen molar-refractivity contribution < 1.29 is 14.6 Å². The summed E-state index contributed by atoms with van der Waals surface area (Å²) in [7, 11) is 0. The van der Waals surface area contributed by atoms with Gasteiger partial charge in [0.1, 0.15) is 12.4 Å². The van der Waals surface area contributed by atoms with Gasteiger partial charge in [0.2, 0.25) is 0 Å². The number of carboxylic acid groups (broad SMARTS) is 1. The summed E-state index contributed by atoms with van der Waals surface area (Å²) in [6.45, 7) is 2.27. The molecular weight excluding hydrogens is 391 g/mol. The molecule has 0 saturated heterocycles. The average Bonchev–Trinajstić information content (AvgIpc) is 2.39. The van der Waals surface area contributed by atoms with Gasteiger partial charge in [-0.1, -0.05) is 23.7 Å². The zero-order chi connectivity index (χ0) is 14.7. The molecule has 2 aromatic carbocycles. The van der Waals surface area contributed by atoms with E-state index in [4.69, 9.17) is 21.4 Å². The quantitative estimate of drug-likeness (QED) is 0.764. The maximum Gasteiger partial charge on any atom is 0.335 e. The summed E-state index contributed by atoms with van der Waals surface area (Å²) >= 11 is 8.25. The van der Waals surface area contributed by atoms with Crippen LogP contribution in [0.2, 0.25) is 5.02 Å². The number of aromatic carboxylic acids is 1. The molecule has 2 rings (SSSR count). The SMILES string of the molecule is Cc1ccc(COc2cc(C(=O)O)ccc2I)c(Cl)c1. The van der Waals surface area contributed by atoms with Gasteiger partial charge in [-0.3, -0.25) is 0 Å². The highest BCUT2D eigenvalue weighted by molar-refractivity contribution is 14.1. The molecule has 0 aromatic heterocycles. The topological polar surface area (TPSA) is 46.5 Å². The predicted octanol–water partition coefficient (Wildman–Crippen LogP) is 4.53. The maximum absolute atomic E-state index is 11.0. The summed E-state index contributed by atoms with van der Waals surface area (Å²) < 4.78 is 6.54. The lowest BCUT2D eigenvalue weighted by Crippen LogP contribution is -2.01. The molecule has 0 aliphatic rings. The molecule has 104 valence electrons. The van der Waals surface area contributed by atoms with Gasteiger partial charge < -0.3 is 9.84 Å². The number of benzene rings is 2. The molecule has 5 heteroatoms. The molecule has 0 atom stereocenters. The fourth-order valence-electron chi connectivity index (χ4n) is 1.67. The van der Waals surface area contributed by atoms with E-state index in [1.54, 1.807) is 12.1 Å². The van der Waals surface area contributed by atoms with Crippen LogP contribution in [0.1, 0.15) is 21.5 Å². The number of hydrogen-bond acceptors (Lipinski definition) is 2. The highest BCUT2D eigenvalue weighted by atomic mass is 127. The lowest BCUT2D eigenvalue weighted by atomic mass is 10.1. The third-order valence-electron chi connectivity index (χ3n) is 2.77. The highest BCUT2D eigenvalue weighted by Crippen LogP contribution is 2.25. The first-order valence-electron chi connectivity index (χ1n) is 5.88. The van der Waals surface area contributed by atoms with Crippen LogP contribution in [0.5, 0.6) is 5.75 Å². The molecule has 0 bridgehead atoms. The molecule has 0 saturated carbocycles. The monoisotopic (exact) mass is 402 g/mol. The van der Waals surface area contributed by atoms with Crippen LogP contribution < -0.4 is 4.74 Å². The Kier molecular flexibility index (Phi) is 4.88. The van der Waals surface area contributed by atoms with Crippen molar-refractivity contribution in [3.8, 4) is 5.75 Å². The first-order valence-corrected chi connectivity index (χ1v) is 7.33. The van der Waals surface area contributed by atoms with E-state index < -0.39 is 5.97 Å². The Labute approximate surface area is 135 Å². The van der Waals surface area contributed by atoms with Crippen LogP contribution in [0.15, 0.2) is 36.4 Å². The van der Waals surface area contributed by atoms with Gasteiger partial charge in [-0.05, 0) is 59.3 Å². The lowest BCUT2D eigenvalue weighted by molar-refractivity contribution is 0.0696. The second-order valence-electron chi connectivity index (χ2n) is 4.33. The number of rotatable bonds is 4. The molecule has 0 amide bonds. The third-order valence-corrected chi connectivity index (χ3v) is 4.01. The highest BCUT2D eigenvalue weighted by Gasteiger charge is 2.09. The number of carbonyl (C=O) groups is 1. The Balaban J connectivity index is 2.18. The fraction of sp³-hybridized carbons (Fsp3) is 0.133. The van der Waals surface area contributed by atoms with Gasteiger partial charge in [0.25, 0.3) is 0 Å². The normalized spacial score (nSPS) is 10.3. The van der Waals surface area contributed by atoms with Gasteiger partial charge in [0, 0.05) is 10.6 Å². The second kappa shape index (κ2) is 6.45. The molecule has 0 aliphatic carbocycles. The van der Waals surface area contributed by atoms with E-state index in [0.717, 1.165) is 14.7 Å². The van der Waals surface area contributed by atoms with Crippen LogP contribution in [-0.2, 0) is 6.61 Å². The van der Waals surface area contributed by atoms with Crippen LogP contribution >= 0.6 is 34.2 Å². The van der Waals surface area contributed by atoms with Crippen LogP contribution in [0.3, 0.4) is 0 Å². The molecule has 0 fully saturated rings. The number of aryl methyl sites for hydroxylation is 1. The van der Waals surface area contributed by atoms with Gasteiger partial charge in [-0.15, -0.1) is 0 Å². The van der Waals surface area contributed by atoms with E-state index in [2.05, 4.69) is 22.6 Å². The molecule has 0 radical (unpaired) electrons. The van der Waals surface area contributed by atoms with Gasteiger partial charge >= 0.3 is 5.97 Å². The second-order valence-corrected chi connectivity index (χ2v) is 5.90. The van der Waals surface area contributed by atoms with E-state index in [9.17, 15) is 4.79 Å². The van der Waals surface area contributed by atoms with Crippen molar-refractivity contribution in [3.05, 3.63) is 61.7 Å². The van der Waals surface area contributed by atoms with Crippen molar-refractivity contribution in [2.24, 2.45) is 0 Å². The van der Waals surface area contributed by atoms with E-state index >= 15 is 0 Å². The van der Waals surface area contributed by atoms with Crippen molar-refractivity contribution in [3.63, 3.8) is 0 Å². The predicted molar refractivity (Wildman–Crippen MR) is 86.6 cm³/mol. The smallest absolute Gasteiger partial charge is 0.335 e. The molecule has 1 N–H and O–H groups in total. The summed E-state index contributed by atoms with van der Waals surface area (Å²) in [5, 5.41) is 9.63. The van der Waals surface area contributed by atoms with Gasteiger partial charge in [0.15, 0.2) is 0 Å². The number of hydrogen-bond donors (Lipinski definition) is 1. The molecule has 3 nitrogen and oxygen atoms in total. The molecule has 2 aromatic rings. The summed E-state index contributed by atoms with van der Waals surface area (Å²) in [5.74, 6) is -0.429. The summed E-state index contributed by atoms with van der Waals surface area (Å²) in [4.78, 5) is 11.0. The molecule has 0 unspecified atom stereocenters. The van der Waals surface area contributed by atoms with Crippen molar-refractivity contribution in [1.29, 1.82) is 0 Å². The molecule has 0 aliphatic heterocycles. The van der Waals surface area contributed by atoms with Crippen LogP contribution in [0, 0.1) is 10.5 Å². The van der Waals surface area contributed by atoms with Crippen LogP contribution in [0.25, 0.3) is 0 Å². The van der Waals surface area contributed by atoms with E-state index in [1.807, 2.05) is 25.1 Å². The van der Waals surface area contributed by atoms with Crippen molar-refractivity contribution in [2.45, 2.75) is 13.5 Å². The molecular formula is C15H12ClIO3. The number of carboxylic acids is 1. The summed E-state index contributed by atoms with van der Waals surface area (Å²) in [6, 6.07) is 10.5. The number of ether oxygens (including phenoxy) is 1. The van der Waals surface area contributed by atoms with E-state index in [-0.39, 0.29) is 5.56 Å². The molecule has 0 spiro atoms. The molecule has 0 heterocycles. The minimum Gasteiger partial charge on any atom is -0.488 e. The van der Waals surface area contributed by atoms with Crippen LogP contribution in [-0.4, -0.2) is 11.1 Å². The van der Waals surface area contributed by atoms with Crippen LogP contribution in [0.4, 0.5) is 0 Å². The minimum absolute atomic E-state index is 0.204. The Morgan fingerprint density at radius 3 is 2.70 bits per heavy atom. The fourth-order valence-corrected chi connectivity index (χ4v) is 2.45. The van der Waals surface area contributed by atoms with Gasteiger partial charge in [-0.2, -0.15) is 0 Å². The van der Waals surface area contributed by atoms with Gasteiger partial charge in [0.05, 0.1) is 9.13 Å². The zero-order valence-electron chi connectivity index (χ0n) is 10.7. The van der Waals surface area contributed by atoms with Gasteiger partial charge in [-0.25, -0.2) is 4.79 Å². The number of halogens is 2. The minimum atomic E-state index is -0.973. The van der Waals surface area contributed by atoms with E-state index in [0.29, 0.717) is 17.4 Å². The summed E-state index contributed by atoms with van der Waals surface area (Å²) in [6.07, 6.45) is 0. The standard InChI is InChI=1S/C15H12ClIO3/c1-9-2-3-11(12(16)6-9)8-20-14-7-10(15(18)19)4-5-13(14)17/h2-7H,8H2,1H3,(H,18,19). The van der Waals surface area contributed by atoms with E-state index in [1.165, 1.54) is 6.07 Å². The zero-order valence-corrected chi connectivity index (χ0v) is 13.6. The summed E-state index contributed by atoms with van der Waals surface area (Å²) in [5.41, 5.74) is 2.16. The third kappa shape index (κ3) is 3.64. The first-order chi connectivity index (χ1) is 9.47. The van der Waals surface area contributed by atoms with Crippen molar-refractivity contribution >= 4 is 40.2 Å². The van der Waals surface area contributed by atoms with Crippen molar-refractivity contribution in [2.75, 3.05) is 0 Å². The maximum atomic E-state index is 11.0. The largest absolute Gasteiger partial charge is 0.488 e. The Morgan fingerprint density at radius 1 is 1.30 bits per heavy atom. The Morgan fingerprint density at radius 2 is 2.05 bits per heavy atom. The van der Waals surface area contributed by atoms with Crippen molar-refractivity contribution in [1.82, 2.24) is 0 Å². The Hall–Kier alpha value is -1.27. The average molecular weight is 403 g/mol. The first kappa shape index (κ1) is 15.1. The molecule has 20 heavy (non-hydrogen) atoms. The Bertz CT molecular complexity index is 656. The lowest BCUT2D eigenvalue weighted by Gasteiger charge is -2.10.